The van der Waals surface area contributed by atoms with Crippen molar-refractivity contribution in [2.45, 2.75) is 25.9 Å². The van der Waals surface area contributed by atoms with E-state index >= 15 is 0 Å². The Morgan fingerprint density at radius 1 is 1.16 bits per heavy atom. The van der Waals surface area contributed by atoms with Gasteiger partial charge in [-0.15, -0.1) is 0 Å². The molecule has 25 heavy (non-hydrogen) atoms. The van der Waals surface area contributed by atoms with Crippen molar-refractivity contribution in [2.75, 3.05) is 13.1 Å². The van der Waals surface area contributed by atoms with Crippen molar-refractivity contribution in [1.29, 1.82) is 0 Å². The minimum absolute atomic E-state index is 0.0379. The molecule has 3 nitrogen and oxygen atoms in total. The highest BCUT2D eigenvalue weighted by Gasteiger charge is 2.26. The van der Waals surface area contributed by atoms with Crippen LogP contribution < -0.4 is 10.2 Å². The lowest BCUT2D eigenvalue weighted by Gasteiger charge is -2.28. The van der Waals surface area contributed by atoms with Crippen LogP contribution in [0.4, 0.5) is 4.39 Å². The van der Waals surface area contributed by atoms with Crippen LogP contribution in [0.3, 0.4) is 0 Å². The fourth-order valence-corrected chi connectivity index (χ4v) is 3.19. The molecule has 3 rings (SSSR count). The van der Waals surface area contributed by atoms with Gasteiger partial charge in [-0.3, -0.25) is 4.79 Å². The van der Waals surface area contributed by atoms with Crippen molar-refractivity contribution in [3.05, 3.63) is 77.6 Å². The van der Waals surface area contributed by atoms with E-state index in [2.05, 4.69) is 35.7 Å². The lowest BCUT2D eigenvalue weighted by molar-refractivity contribution is -0.909. The molecule has 0 radical (unpaired) electrons. The van der Waals surface area contributed by atoms with Crippen LogP contribution in [0, 0.1) is 5.82 Å². The van der Waals surface area contributed by atoms with Crippen LogP contribution in [0.1, 0.15) is 24.5 Å². The predicted molar refractivity (Wildman–Crippen MR) is 97.4 cm³/mol. The summed E-state index contributed by atoms with van der Waals surface area (Å²) in [7, 11) is 0. The molecule has 1 unspecified atom stereocenters. The molecule has 1 heterocycles. The van der Waals surface area contributed by atoms with Gasteiger partial charge in [0, 0.05) is 13.0 Å². The first kappa shape index (κ1) is 17.4. The number of carbonyl (C=O) groups excluding carboxylic acids is 1. The maximum Gasteiger partial charge on any atom is 0.278 e. The van der Waals surface area contributed by atoms with Crippen molar-refractivity contribution < 1.29 is 14.1 Å². The third-order valence-electron chi connectivity index (χ3n) is 4.86. The third kappa shape index (κ3) is 4.54. The molecule has 0 spiro atoms. The fraction of sp³-hybridized carbons (Fsp3) is 0.286. The van der Waals surface area contributed by atoms with Gasteiger partial charge in [-0.25, -0.2) is 4.39 Å². The number of hydrogen-bond donors (Lipinski definition) is 2. The first-order valence-electron chi connectivity index (χ1n) is 8.74. The summed E-state index contributed by atoms with van der Waals surface area (Å²) in [6.45, 7) is 4.21. The van der Waals surface area contributed by atoms with Gasteiger partial charge >= 0.3 is 0 Å². The monoisotopic (exact) mass is 339 g/mol. The van der Waals surface area contributed by atoms with Crippen LogP contribution in [0.5, 0.6) is 0 Å². The van der Waals surface area contributed by atoms with Gasteiger partial charge in [0.25, 0.3) is 5.91 Å². The Morgan fingerprint density at radius 3 is 2.52 bits per heavy atom. The molecule has 2 aromatic rings. The molecule has 1 aliphatic heterocycles. The van der Waals surface area contributed by atoms with Crippen LogP contribution >= 0.6 is 0 Å². The van der Waals surface area contributed by atoms with Crippen LogP contribution in [0.25, 0.3) is 5.57 Å². The van der Waals surface area contributed by atoms with E-state index in [0.717, 1.165) is 25.1 Å². The number of halogens is 1. The molecule has 0 saturated carbocycles. The van der Waals surface area contributed by atoms with E-state index in [1.807, 2.05) is 13.0 Å². The molecule has 0 saturated heterocycles. The Morgan fingerprint density at radius 2 is 1.88 bits per heavy atom. The van der Waals surface area contributed by atoms with Crippen molar-refractivity contribution in [1.82, 2.24) is 5.32 Å². The summed E-state index contributed by atoms with van der Waals surface area (Å²) in [5.41, 5.74) is 3.54. The summed E-state index contributed by atoms with van der Waals surface area (Å²) in [4.78, 5) is 13.7. The number of carbonyl (C=O) groups is 1. The molecule has 2 aromatic carbocycles. The summed E-state index contributed by atoms with van der Waals surface area (Å²) in [6.07, 6.45) is 3.23. The van der Waals surface area contributed by atoms with Gasteiger partial charge in [0.2, 0.25) is 0 Å². The van der Waals surface area contributed by atoms with Gasteiger partial charge < -0.3 is 10.2 Å². The van der Waals surface area contributed by atoms with E-state index in [4.69, 9.17) is 0 Å². The van der Waals surface area contributed by atoms with E-state index in [-0.39, 0.29) is 17.8 Å². The lowest BCUT2D eigenvalue weighted by atomic mass is 9.99. The van der Waals surface area contributed by atoms with Crippen molar-refractivity contribution in [2.24, 2.45) is 0 Å². The zero-order valence-electron chi connectivity index (χ0n) is 14.5. The summed E-state index contributed by atoms with van der Waals surface area (Å²) < 4.78 is 12.9. The Bertz CT molecular complexity index is 740. The number of benzene rings is 2. The summed E-state index contributed by atoms with van der Waals surface area (Å²) in [5.74, 6) is -0.224. The molecule has 130 valence electrons. The molecule has 0 aliphatic carbocycles. The maximum atomic E-state index is 12.9. The van der Waals surface area contributed by atoms with Gasteiger partial charge in [-0.05, 0) is 41.8 Å². The van der Waals surface area contributed by atoms with Gasteiger partial charge in [-0.2, -0.15) is 0 Å². The van der Waals surface area contributed by atoms with E-state index in [1.165, 1.54) is 28.2 Å². The average Bonchev–Trinajstić information content (AvgIpc) is 2.67. The molecular weight excluding hydrogens is 315 g/mol. The van der Waals surface area contributed by atoms with Gasteiger partial charge in [-0.1, -0.05) is 42.5 Å². The predicted octanol–water partition coefficient (Wildman–Crippen LogP) is 2.20. The molecule has 2 atom stereocenters. The van der Waals surface area contributed by atoms with Crippen LogP contribution in [0.15, 0.2) is 60.7 Å². The summed E-state index contributed by atoms with van der Waals surface area (Å²) >= 11 is 0. The zero-order chi connectivity index (χ0) is 17.6. The van der Waals surface area contributed by atoms with Gasteiger partial charge in [0.1, 0.15) is 5.82 Å². The number of quaternary nitrogens is 1. The molecule has 0 fully saturated rings. The Labute approximate surface area is 148 Å². The lowest BCUT2D eigenvalue weighted by Crippen LogP contribution is -3.17. The topological polar surface area (TPSA) is 33.5 Å². The quantitative estimate of drug-likeness (QED) is 0.860. The van der Waals surface area contributed by atoms with Crippen molar-refractivity contribution in [3.63, 3.8) is 0 Å². The Kier molecular flexibility index (Phi) is 5.61. The molecule has 1 amide bonds. The highest BCUT2D eigenvalue weighted by atomic mass is 19.1. The van der Waals surface area contributed by atoms with Crippen LogP contribution in [-0.2, 0) is 11.3 Å². The third-order valence-corrected chi connectivity index (χ3v) is 4.86. The normalized spacial score (nSPS) is 18.3. The SMILES string of the molecule is C[C@@H](C(=O)NCc1ccc(F)cc1)[NH+]1CC=C(c2ccccc2)CC1. The van der Waals surface area contributed by atoms with Crippen LogP contribution in [-0.4, -0.2) is 25.0 Å². The standard InChI is InChI=1S/C21H23FN2O/c1-16(21(25)23-15-17-7-9-20(22)10-8-17)24-13-11-19(12-14-24)18-5-3-2-4-6-18/h2-11,16H,12-15H2,1H3,(H,23,25)/p+1/t16-/m0/s1. The summed E-state index contributed by atoms with van der Waals surface area (Å²) in [5, 5.41) is 2.96. The highest BCUT2D eigenvalue weighted by Crippen LogP contribution is 2.17. The Balaban J connectivity index is 1.53. The van der Waals surface area contributed by atoms with Crippen LogP contribution in [0.2, 0.25) is 0 Å². The van der Waals surface area contributed by atoms with Gasteiger partial charge in [0.05, 0.1) is 13.1 Å². The van der Waals surface area contributed by atoms with Crippen molar-refractivity contribution in [3.8, 4) is 0 Å². The second-order valence-electron chi connectivity index (χ2n) is 6.52. The molecule has 4 heteroatoms. The van der Waals surface area contributed by atoms with E-state index in [1.54, 1.807) is 12.1 Å². The second-order valence-corrected chi connectivity index (χ2v) is 6.52. The number of nitrogens with one attached hydrogen (secondary N) is 2. The highest BCUT2D eigenvalue weighted by molar-refractivity contribution is 5.80. The fourth-order valence-electron chi connectivity index (χ4n) is 3.19. The first-order valence-corrected chi connectivity index (χ1v) is 8.74. The van der Waals surface area contributed by atoms with E-state index < -0.39 is 0 Å². The smallest absolute Gasteiger partial charge is 0.278 e. The maximum absolute atomic E-state index is 12.9. The Hall–Kier alpha value is -2.46. The minimum Gasteiger partial charge on any atom is -0.347 e. The van der Waals surface area contributed by atoms with Gasteiger partial charge in [0.15, 0.2) is 6.04 Å². The molecule has 2 N–H and O–H groups in total. The van der Waals surface area contributed by atoms with E-state index in [9.17, 15) is 9.18 Å². The summed E-state index contributed by atoms with van der Waals surface area (Å²) in [6, 6.07) is 16.5. The molecule has 1 aliphatic rings. The molecule has 0 bridgehead atoms. The average molecular weight is 339 g/mol. The number of amides is 1. The number of hydrogen-bond acceptors (Lipinski definition) is 1. The number of rotatable bonds is 5. The van der Waals surface area contributed by atoms with Crippen molar-refractivity contribution >= 4 is 11.5 Å². The molecule has 0 aromatic heterocycles. The first-order chi connectivity index (χ1) is 12.1. The largest absolute Gasteiger partial charge is 0.347 e. The van der Waals surface area contributed by atoms with E-state index in [0.29, 0.717) is 6.54 Å². The minimum atomic E-state index is -0.262. The molecular formula is C21H24FN2O+. The second kappa shape index (κ2) is 8.08. The zero-order valence-corrected chi connectivity index (χ0v) is 14.5.